The average Bonchev–Trinajstić information content (AvgIpc) is 2.70. The summed E-state index contributed by atoms with van der Waals surface area (Å²) >= 11 is 0. The second-order valence-electron chi connectivity index (χ2n) is 6.33. The van der Waals surface area contributed by atoms with E-state index in [0.717, 1.165) is 15.9 Å². The van der Waals surface area contributed by atoms with E-state index in [-0.39, 0.29) is 17.3 Å². The van der Waals surface area contributed by atoms with Crippen molar-refractivity contribution in [3.05, 3.63) is 58.5 Å². The zero-order valence-corrected chi connectivity index (χ0v) is 17.7. The predicted molar refractivity (Wildman–Crippen MR) is 111 cm³/mol. The summed E-state index contributed by atoms with van der Waals surface area (Å²) in [6.45, 7) is 4.24. The number of nitrogens with zero attached hydrogens (tertiary/aromatic N) is 2. The Morgan fingerprint density at radius 1 is 1.14 bits per heavy atom. The fraction of sp³-hybridized carbons (Fsp3) is 0.400. The van der Waals surface area contributed by atoms with Gasteiger partial charge in [0.1, 0.15) is 12.3 Å². The van der Waals surface area contributed by atoms with Gasteiger partial charge in [-0.3, -0.25) is 9.59 Å². The van der Waals surface area contributed by atoms with Crippen LogP contribution in [0.5, 0.6) is 5.75 Å². The van der Waals surface area contributed by atoms with Crippen LogP contribution in [0.4, 0.5) is 0 Å². The summed E-state index contributed by atoms with van der Waals surface area (Å²) in [7, 11) is -2.12. The van der Waals surface area contributed by atoms with Gasteiger partial charge in [-0.05, 0) is 24.1 Å². The Morgan fingerprint density at radius 3 is 2.48 bits per heavy atom. The van der Waals surface area contributed by atoms with Crippen LogP contribution in [0.1, 0.15) is 19.4 Å². The molecule has 29 heavy (non-hydrogen) atoms. The van der Waals surface area contributed by atoms with Gasteiger partial charge in [-0.1, -0.05) is 32.0 Å². The number of rotatable bonds is 10. The number of pyridine rings is 1. The molecule has 0 aliphatic carbocycles. The topological polar surface area (TPSA) is 97.7 Å². The zero-order chi connectivity index (χ0) is 21.4. The number of benzene rings is 1. The Kier molecular flexibility index (Phi) is 7.98. The van der Waals surface area contributed by atoms with Crippen LogP contribution in [-0.2, 0) is 27.8 Å². The molecule has 0 aliphatic heterocycles. The van der Waals surface area contributed by atoms with E-state index >= 15 is 0 Å². The fourth-order valence-electron chi connectivity index (χ4n) is 2.95. The van der Waals surface area contributed by atoms with Crippen LogP contribution >= 0.6 is 0 Å². The van der Waals surface area contributed by atoms with Gasteiger partial charge in [-0.15, -0.1) is 0 Å². The summed E-state index contributed by atoms with van der Waals surface area (Å²) in [5.41, 5.74) is 0.517. The third-order valence-corrected chi connectivity index (χ3v) is 6.56. The van der Waals surface area contributed by atoms with Crippen molar-refractivity contribution in [2.45, 2.75) is 31.7 Å². The van der Waals surface area contributed by atoms with Gasteiger partial charge < -0.3 is 14.6 Å². The van der Waals surface area contributed by atoms with E-state index in [4.69, 9.17) is 4.74 Å². The number of methoxy groups -OCH3 is 1. The number of nitrogens with one attached hydrogen (secondary N) is 1. The maximum atomic E-state index is 12.6. The maximum absolute atomic E-state index is 12.6. The van der Waals surface area contributed by atoms with Crippen LogP contribution in [0, 0.1) is 0 Å². The molecule has 0 radical (unpaired) electrons. The number of hydrogen-bond acceptors (Lipinski definition) is 5. The number of aromatic nitrogens is 1. The molecule has 0 saturated carbocycles. The van der Waals surface area contributed by atoms with Gasteiger partial charge in [0.05, 0.1) is 12.0 Å². The van der Waals surface area contributed by atoms with Gasteiger partial charge in [0, 0.05) is 31.9 Å². The van der Waals surface area contributed by atoms with E-state index in [0.29, 0.717) is 26.1 Å². The molecular formula is C20H27N3O5S. The highest BCUT2D eigenvalue weighted by Gasteiger charge is 2.22. The van der Waals surface area contributed by atoms with Gasteiger partial charge in [-0.2, -0.15) is 4.31 Å². The largest absolute Gasteiger partial charge is 0.496 e. The highest BCUT2D eigenvalue weighted by molar-refractivity contribution is 7.89. The lowest BCUT2D eigenvalue weighted by molar-refractivity contribution is -0.121. The third-order valence-electron chi connectivity index (χ3n) is 4.52. The fourth-order valence-corrected chi connectivity index (χ4v) is 4.43. The molecule has 0 aliphatic rings. The first kappa shape index (κ1) is 22.6. The first-order chi connectivity index (χ1) is 13.8. The highest BCUT2D eigenvalue weighted by Crippen LogP contribution is 2.17. The second-order valence-corrected chi connectivity index (χ2v) is 8.27. The lowest BCUT2D eigenvalue weighted by Crippen LogP contribution is -2.35. The van der Waals surface area contributed by atoms with Crippen LogP contribution in [0.3, 0.4) is 0 Å². The number of carbonyl (C=O) groups excluding carboxylic acids is 1. The Hall–Kier alpha value is -2.65. The molecule has 1 aromatic heterocycles. The third kappa shape index (κ3) is 5.68. The molecule has 1 heterocycles. The lowest BCUT2D eigenvalue weighted by Gasteiger charge is -2.19. The first-order valence-corrected chi connectivity index (χ1v) is 10.9. The number of para-hydroxylation sites is 1. The smallest absolute Gasteiger partial charge is 0.251 e. The second kappa shape index (κ2) is 10.2. The minimum atomic E-state index is -3.71. The molecule has 0 atom stereocenters. The maximum Gasteiger partial charge on any atom is 0.251 e. The Morgan fingerprint density at radius 2 is 1.83 bits per heavy atom. The van der Waals surface area contributed by atoms with E-state index in [1.807, 2.05) is 24.3 Å². The summed E-state index contributed by atoms with van der Waals surface area (Å²) in [6, 6.07) is 9.95. The highest BCUT2D eigenvalue weighted by atomic mass is 32.2. The molecule has 2 rings (SSSR count). The van der Waals surface area contributed by atoms with E-state index in [9.17, 15) is 18.0 Å². The van der Waals surface area contributed by atoms with Crippen molar-refractivity contribution in [2.75, 3.05) is 26.7 Å². The minimum absolute atomic E-state index is 0.0115. The van der Waals surface area contributed by atoms with Crippen molar-refractivity contribution in [1.82, 2.24) is 14.2 Å². The summed E-state index contributed by atoms with van der Waals surface area (Å²) in [6.07, 6.45) is 1.79. The molecule has 1 N–H and O–H groups in total. The van der Waals surface area contributed by atoms with Crippen LogP contribution in [-0.4, -0.2) is 49.9 Å². The Labute approximate surface area is 171 Å². The minimum Gasteiger partial charge on any atom is -0.496 e. The molecular weight excluding hydrogens is 394 g/mol. The lowest BCUT2D eigenvalue weighted by atomic mass is 10.1. The molecule has 0 saturated heterocycles. The van der Waals surface area contributed by atoms with Crippen LogP contribution in [0.15, 0.2) is 52.3 Å². The summed E-state index contributed by atoms with van der Waals surface area (Å²) in [5.74, 6) is 0.367. The zero-order valence-electron chi connectivity index (χ0n) is 16.9. The quantitative estimate of drug-likeness (QED) is 0.623. The number of amides is 1. The van der Waals surface area contributed by atoms with Crippen molar-refractivity contribution < 1.29 is 17.9 Å². The molecule has 2 aromatic rings. The Balaban J connectivity index is 2.06. The molecule has 0 spiro atoms. The number of carbonyl (C=O) groups is 1. The van der Waals surface area contributed by atoms with E-state index in [2.05, 4.69) is 5.32 Å². The van der Waals surface area contributed by atoms with Crippen LogP contribution < -0.4 is 15.6 Å². The van der Waals surface area contributed by atoms with E-state index in [1.54, 1.807) is 21.0 Å². The number of hydrogen-bond donors (Lipinski definition) is 1. The summed E-state index contributed by atoms with van der Waals surface area (Å²) in [4.78, 5) is 24.3. The Bertz CT molecular complexity index is 997. The monoisotopic (exact) mass is 421 g/mol. The van der Waals surface area contributed by atoms with Gasteiger partial charge >= 0.3 is 0 Å². The molecule has 8 nitrogen and oxygen atoms in total. The normalized spacial score (nSPS) is 11.4. The molecule has 9 heteroatoms. The van der Waals surface area contributed by atoms with Crippen molar-refractivity contribution in [1.29, 1.82) is 0 Å². The molecule has 0 bridgehead atoms. The SMILES string of the molecule is CCN(CC)S(=O)(=O)c1ccc(=O)n(CC(=O)NCCc2ccccc2OC)c1. The van der Waals surface area contributed by atoms with Crippen molar-refractivity contribution in [3.8, 4) is 5.75 Å². The number of sulfonamides is 1. The van der Waals surface area contributed by atoms with Crippen LogP contribution in [0.2, 0.25) is 0 Å². The molecule has 0 unspecified atom stereocenters. The van der Waals surface area contributed by atoms with Crippen molar-refractivity contribution in [3.63, 3.8) is 0 Å². The van der Waals surface area contributed by atoms with Gasteiger partial charge in [-0.25, -0.2) is 8.42 Å². The van der Waals surface area contributed by atoms with Gasteiger partial charge in [0.2, 0.25) is 15.9 Å². The van der Waals surface area contributed by atoms with Crippen molar-refractivity contribution in [2.24, 2.45) is 0 Å². The van der Waals surface area contributed by atoms with Crippen LogP contribution in [0.25, 0.3) is 0 Å². The predicted octanol–water partition coefficient (Wildman–Crippen LogP) is 1.25. The van der Waals surface area contributed by atoms with Crippen molar-refractivity contribution >= 4 is 15.9 Å². The summed E-state index contributed by atoms with van der Waals surface area (Å²) < 4.78 is 32.9. The van der Waals surface area contributed by atoms with E-state index < -0.39 is 15.6 Å². The molecule has 1 amide bonds. The van der Waals surface area contributed by atoms with Gasteiger partial charge in [0.15, 0.2) is 0 Å². The van der Waals surface area contributed by atoms with Gasteiger partial charge in [0.25, 0.3) is 5.56 Å². The van der Waals surface area contributed by atoms with E-state index in [1.165, 1.54) is 22.6 Å². The average molecular weight is 422 g/mol. The first-order valence-electron chi connectivity index (χ1n) is 9.42. The number of ether oxygens (including phenoxy) is 1. The standard InChI is InChI=1S/C20H27N3O5S/c1-4-23(5-2)29(26,27)17-10-11-20(25)22(14-17)15-19(24)21-13-12-16-8-6-7-9-18(16)28-3/h6-11,14H,4-5,12-13,15H2,1-3H3,(H,21,24). The summed E-state index contributed by atoms with van der Waals surface area (Å²) in [5, 5.41) is 2.75. The molecule has 158 valence electrons. The molecule has 0 fully saturated rings. The molecule has 1 aromatic carbocycles.